The van der Waals surface area contributed by atoms with Gasteiger partial charge in [0.15, 0.2) is 5.11 Å². The number of benzene rings is 1. The first-order chi connectivity index (χ1) is 13.2. The molecular weight excluding hydrogens is 380 g/mol. The Hall–Kier alpha value is -1.73. The van der Waals surface area contributed by atoms with Crippen LogP contribution >= 0.6 is 23.8 Å². The summed E-state index contributed by atoms with van der Waals surface area (Å²) in [5, 5.41) is 4.76. The van der Waals surface area contributed by atoms with Crippen molar-refractivity contribution in [3.05, 3.63) is 59.4 Å². The molecule has 0 aliphatic carbocycles. The third kappa shape index (κ3) is 6.74. The highest BCUT2D eigenvalue weighted by Crippen LogP contribution is 2.15. The number of pyridine rings is 1. The molecule has 1 aromatic heterocycles. The second-order valence-corrected chi connectivity index (χ2v) is 7.34. The molecule has 7 heteroatoms. The van der Waals surface area contributed by atoms with Crippen LogP contribution in [0.4, 0.5) is 5.69 Å². The van der Waals surface area contributed by atoms with E-state index < -0.39 is 0 Å². The maximum absolute atomic E-state index is 5.97. The van der Waals surface area contributed by atoms with Crippen molar-refractivity contribution in [1.82, 2.24) is 14.8 Å². The Morgan fingerprint density at radius 1 is 1.15 bits per heavy atom. The molecule has 0 bridgehead atoms. The van der Waals surface area contributed by atoms with Gasteiger partial charge in [-0.25, -0.2) is 0 Å². The third-order valence-electron chi connectivity index (χ3n) is 4.51. The van der Waals surface area contributed by atoms with Crippen molar-refractivity contribution in [2.24, 2.45) is 0 Å². The molecule has 0 unspecified atom stereocenters. The van der Waals surface area contributed by atoms with Crippen molar-refractivity contribution in [3.63, 3.8) is 0 Å². The SMILES string of the molecule is S=C(Nc1ccc(Cl)cc1)N(CCCN1CCOCC1)Cc1ccncc1. The number of nitrogens with zero attached hydrogens (tertiary/aromatic N) is 3. The van der Waals surface area contributed by atoms with Crippen LogP contribution in [0.15, 0.2) is 48.8 Å². The standard InChI is InChI=1S/C20H25ClN4OS/c21-18-2-4-19(5-3-18)23-20(27)25(16-17-6-8-22-9-7-17)11-1-10-24-12-14-26-15-13-24/h2-9H,1,10-16H2,(H,23,27). The minimum Gasteiger partial charge on any atom is -0.379 e. The summed E-state index contributed by atoms with van der Waals surface area (Å²) in [5.41, 5.74) is 2.13. The van der Waals surface area contributed by atoms with Gasteiger partial charge in [-0.3, -0.25) is 9.88 Å². The summed E-state index contributed by atoms with van der Waals surface area (Å²) in [7, 11) is 0. The number of ether oxygens (including phenoxy) is 1. The van der Waals surface area contributed by atoms with E-state index in [9.17, 15) is 0 Å². The molecule has 5 nitrogen and oxygen atoms in total. The van der Waals surface area contributed by atoms with Crippen molar-refractivity contribution in [2.75, 3.05) is 44.7 Å². The fraction of sp³-hybridized carbons (Fsp3) is 0.400. The lowest BCUT2D eigenvalue weighted by Crippen LogP contribution is -2.40. The van der Waals surface area contributed by atoms with E-state index in [4.69, 9.17) is 28.6 Å². The highest BCUT2D eigenvalue weighted by Gasteiger charge is 2.14. The van der Waals surface area contributed by atoms with Crippen molar-refractivity contribution in [1.29, 1.82) is 0 Å². The lowest BCUT2D eigenvalue weighted by Gasteiger charge is -2.29. The van der Waals surface area contributed by atoms with Gasteiger partial charge in [0.1, 0.15) is 0 Å². The number of anilines is 1. The van der Waals surface area contributed by atoms with Crippen LogP contribution in [-0.2, 0) is 11.3 Å². The molecule has 0 spiro atoms. The number of thiocarbonyl (C=S) groups is 1. The predicted molar refractivity (Wildman–Crippen MR) is 114 cm³/mol. The second kappa shape index (κ2) is 10.6. The summed E-state index contributed by atoms with van der Waals surface area (Å²) in [6.07, 6.45) is 4.68. The quantitative estimate of drug-likeness (QED) is 0.710. The Balaban J connectivity index is 1.59. The van der Waals surface area contributed by atoms with Gasteiger partial charge in [-0.1, -0.05) is 11.6 Å². The van der Waals surface area contributed by atoms with Gasteiger partial charge in [0.25, 0.3) is 0 Å². The van der Waals surface area contributed by atoms with E-state index in [1.807, 2.05) is 48.8 Å². The molecule has 0 atom stereocenters. The maximum Gasteiger partial charge on any atom is 0.173 e. The first kappa shape index (κ1) is 20.0. The van der Waals surface area contributed by atoms with Crippen LogP contribution in [0, 0.1) is 0 Å². The van der Waals surface area contributed by atoms with Gasteiger partial charge in [0.05, 0.1) is 13.2 Å². The lowest BCUT2D eigenvalue weighted by atomic mass is 10.2. The molecule has 1 fully saturated rings. The van der Waals surface area contributed by atoms with Gasteiger partial charge in [0.2, 0.25) is 0 Å². The number of hydrogen-bond acceptors (Lipinski definition) is 4. The second-order valence-electron chi connectivity index (χ2n) is 6.52. The molecule has 0 radical (unpaired) electrons. The van der Waals surface area contributed by atoms with E-state index >= 15 is 0 Å². The number of hydrogen-bond donors (Lipinski definition) is 1. The van der Waals surface area contributed by atoms with Crippen LogP contribution in [0.5, 0.6) is 0 Å². The van der Waals surface area contributed by atoms with Crippen molar-refractivity contribution < 1.29 is 4.74 Å². The topological polar surface area (TPSA) is 40.6 Å². The summed E-state index contributed by atoms with van der Waals surface area (Å²) in [6.45, 7) is 6.38. The Morgan fingerprint density at radius 3 is 2.56 bits per heavy atom. The highest BCUT2D eigenvalue weighted by molar-refractivity contribution is 7.80. The van der Waals surface area contributed by atoms with Gasteiger partial charge in [0, 0.05) is 55.8 Å². The Kier molecular flexibility index (Phi) is 7.83. The lowest BCUT2D eigenvalue weighted by molar-refractivity contribution is 0.0368. The van der Waals surface area contributed by atoms with Crippen LogP contribution in [0.3, 0.4) is 0 Å². The molecule has 3 rings (SSSR count). The first-order valence-electron chi connectivity index (χ1n) is 9.21. The monoisotopic (exact) mass is 404 g/mol. The molecule has 2 heterocycles. The largest absolute Gasteiger partial charge is 0.379 e. The zero-order valence-electron chi connectivity index (χ0n) is 15.3. The first-order valence-corrected chi connectivity index (χ1v) is 10.00. The zero-order valence-corrected chi connectivity index (χ0v) is 16.9. The maximum atomic E-state index is 5.97. The number of rotatable bonds is 7. The molecule has 0 saturated carbocycles. The number of aromatic nitrogens is 1. The summed E-state index contributed by atoms with van der Waals surface area (Å²) < 4.78 is 5.42. The normalized spacial score (nSPS) is 14.7. The minimum absolute atomic E-state index is 0.714. The van der Waals surface area contributed by atoms with Crippen LogP contribution in [0.2, 0.25) is 5.02 Å². The van der Waals surface area contributed by atoms with Gasteiger partial charge in [-0.05, 0) is 60.6 Å². The van der Waals surface area contributed by atoms with Gasteiger partial charge in [-0.15, -0.1) is 0 Å². The fourth-order valence-electron chi connectivity index (χ4n) is 3.01. The summed E-state index contributed by atoms with van der Waals surface area (Å²) in [5.74, 6) is 0. The van der Waals surface area contributed by atoms with E-state index in [0.717, 1.165) is 63.2 Å². The summed E-state index contributed by atoms with van der Waals surface area (Å²) in [4.78, 5) is 8.76. The third-order valence-corrected chi connectivity index (χ3v) is 5.12. The number of nitrogens with one attached hydrogen (secondary N) is 1. The number of morpholine rings is 1. The van der Waals surface area contributed by atoms with Crippen molar-refractivity contribution in [3.8, 4) is 0 Å². The average molecular weight is 405 g/mol. The van der Waals surface area contributed by atoms with Crippen LogP contribution in [0.25, 0.3) is 0 Å². The molecule has 1 saturated heterocycles. The molecule has 1 aliphatic rings. The fourth-order valence-corrected chi connectivity index (χ4v) is 3.41. The zero-order chi connectivity index (χ0) is 18.9. The van der Waals surface area contributed by atoms with E-state index in [1.54, 1.807) is 0 Å². The number of halogens is 1. The summed E-state index contributed by atoms with van der Waals surface area (Å²) >= 11 is 11.7. The average Bonchev–Trinajstić information content (AvgIpc) is 2.70. The smallest absolute Gasteiger partial charge is 0.173 e. The van der Waals surface area contributed by atoms with E-state index in [2.05, 4.69) is 20.1 Å². The van der Waals surface area contributed by atoms with E-state index in [0.29, 0.717) is 5.02 Å². The Labute approximate surface area is 171 Å². The van der Waals surface area contributed by atoms with Crippen LogP contribution < -0.4 is 5.32 Å². The van der Waals surface area contributed by atoms with Gasteiger partial charge >= 0.3 is 0 Å². The molecule has 1 aliphatic heterocycles. The Morgan fingerprint density at radius 2 is 1.85 bits per heavy atom. The molecule has 1 aromatic carbocycles. The molecule has 2 aromatic rings. The van der Waals surface area contributed by atoms with Crippen LogP contribution in [-0.4, -0.2) is 59.3 Å². The van der Waals surface area contributed by atoms with E-state index in [1.165, 1.54) is 5.56 Å². The predicted octanol–water partition coefficient (Wildman–Crippen LogP) is 3.66. The van der Waals surface area contributed by atoms with Crippen molar-refractivity contribution in [2.45, 2.75) is 13.0 Å². The molecular formula is C20H25ClN4OS. The molecule has 27 heavy (non-hydrogen) atoms. The Bertz CT molecular complexity index is 708. The van der Waals surface area contributed by atoms with Crippen molar-refractivity contribution >= 4 is 34.6 Å². The minimum atomic E-state index is 0.714. The van der Waals surface area contributed by atoms with Gasteiger partial charge in [-0.2, -0.15) is 0 Å². The highest BCUT2D eigenvalue weighted by atomic mass is 35.5. The van der Waals surface area contributed by atoms with Gasteiger partial charge < -0.3 is 15.0 Å². The molecule has 144 valence electrons. The summed E-state index contributed by atoms with van der Waals surface area (Å²) in [6, 6.07) is 11.6. The van der Waals surface area contributed by atoms with Crippen LogP contribution in [0.1, 0.15) is 12.0 Å². The molecule has 1 N–H and O–H groups in total. The molecule has 0 amide bonds. The van der Waals surface area contributed by atoms with E-state index in [-0.39, 0.29) is 0 Å².